The largest absolute Gasteiger partial charge is 0.338 e. The second-order valence-electron chi connectivity index (χ2n) is 6.68. The van der Waals surface area contributed by atoms with Crippen LogP contribution in [0, 0.1) is 0 Å². The Balaban J connectivity index is 1.47. The highest BCUT2D eigenvalue weighted by atomic mass is 16.2. The molecule has 0 unspecified atom stereocenters. The van der Waals surface area contributed by atoms with E-state index >= 15 is 0 Å². The Morgan fingerprint density at radius 2 is 1.96 bits per heavy atom. The number of benzene rings is 1. The molecule has 0 aliphatic carbocycles. The van der Waals surface area contributed by atoms with E-state index in [1.165, 1.54) is 5.56 Å². The highest BCUT2D eigenvalue weighted by molar-refractivity contribution is 5.86. The molecule has 0 saturated carbocycles. The molecule has 4 heteroatoms. The van der Waals surface area contributed by atoms with Crippen molar-refractivity contribution in [2.45, 2.75) is 51.0 Å². The Morgan fingerprint density at radius 3 is 2.70 bits per heavy atom. The first-order valence-electron chi connectivity index (χ1n) is 8.85. The monoisotopic (exact) mass is 314 g/mol. The Morgan fingerprint density at radius 1 is 1.13 bits per heavy atom. The molecule has 2 aliphatic heterocycles. The van der Waals surface area contributed by atoms with Crippen LogP contribution in [0.2, 0.25) is 0 Å². The Bertz CT molecular complexity index is 544. The van der Waals surface area contributed by atoms with Crippen LogP contribution in [0.15, 0.2) is 30.3 Å². The fourth-order valence-corrected chi connectivity index (χ4v) is 3.78. The van der Waals surface area contributed by atoms with Gasteiger partial charge in [-0.05, 0) is 44.1 Å². The molecule has 1 atom stereocenters. The molecule has 0 radical (unpaired) electrons. The Hall–Kier alpha value is -1.84. The van der Waals surface area contributed by atoms with Gasteiger partial charge in [0.25, 0.3) is 0 Å². The average Bonchev–Trinajstić information content (AvgIpc) is 3.18. The molecule has 124 valence electrons. The second kappa shape index (κ2) is 7.62. The van der Waals surface area contributed by atoms with Gasteiger partial charge in [0.2, 0.25) is 11.8 Å². The van der Waals surface area contributed by atoms with Gasteiger partial charge < -0.3 is 9.80 Å². The van der Waals surface area contributed by atoms with Gasteiger partial charge in [-0.15, -0.1) is 0 Å². The first kappa shape index (κ1) is 16.0. The van der Waals surface area contributed by atoms with E-state index in [4.69, 9.17) is 0 Å². The number of hydrogen-bond acceptors (Lipinski definition) is 2. The first-order chi connectivity index (χ1) is 11.2. The van der Waals surface area contributed by atoms with Crippen molar-refractivity contribution < 1.29 is 9.59 Å². The van der Waals surface area contributed by atoms with Gasteiger partial charge in [0.15, 0.2) is 0 Å². The summed E-state index contributed by atoms with van der Waals surface area (Å²) in [4.78, 5) is 28.0. The van der Waals surface area contributed by atoms with Gasteiger partial charge in [-0.2, -0.15) is 0 Å². The standard InChI is InChI=1S/C19H26N2O2/c22-18-12-6-13-20(18)15-19(23)21-14-5-11-17(21)10-4-9-16-7-2-1-3-8-16/h1-3,7-8,17H,4-6,9-15H2/t17-/m0/s1. The molecule has 2 heterocycles. The van der Waals surface area contributed by atoms with E-state index in [1.54, 1.807) is 4.90 Å². The van der Waals surface area contributed by atoms with Gasteiger partial charge in [-0.1, -0.05) is 30.3 Å². The summed E-state index contributed by atoms with van der Waals surface area (Å²) in [6, 6.07) is 10.9. The summed E-state index contributed by atoms with van der Waals surface area (Å²) in [5.41, 5.74) is 1.37. The molecule has 23 heavy (non-hydrogen) atoms. The molecule has 3 rings (SSSR count). The zero-order chi connectivity index (χ0) is 16.1. The fraction of sp³-hybridized carbons (Fsp3) is 0.579. The summed E-state index contributed by atoms with van der Waals surface area (Å²) in [6.45, 7) is 1.89. The molecular formula is C19H26N2O2. The summed E-state index contributed by atoms with van der Waals surface area (Å²) in [6.07, 6.45) is 6.95. The number of carbonyl (C=O) groups excluding carboxylic acids is 2. The summed E-state index contributed by atoms with van der Waals surface area (Å²) < 4.78 is 0. The Kier molecular flexibility index (Phi) is 5.31. The Labute approximate surface area is 138 Å². The van der Waals surface area contributed by atoms with Gasteiger partial charge in [-0.3, -0.25) is 9.59 Å². The van der Waals surface area contributed by atoms with Crippen LogP contribution in [0.3, 0.4) is 0 Å². The zero-order valence-corrected chi connectivity index (χ0v) is 13.7. The number of aryl methyl sites for hydroxylation is 1. The van der Waals surface area contributed by atoms with Crippen molar-refractivity contribution in [1.82, 2.24) is 9.80 Å². The van der Waals surface area contributed by atoms with E-state index in [-0.39, 0.29) is 18.4 Å². The molecule has 1 aromatic carbocycles. The van der Waals surface area contributed by atoms with Crippen molar-refractivity contribution in [3.8, 4) is 0 Å². The lowest BCUT2D eigenvalue weighted by atomic mass is 10.0. The SMILES string of the molecule is O=C1CCCN1CC(=O)N1CCC[C@@H]1CCCc1ccccc1. The van der Waals surface area contributed by atoms with Crippen LogP contribution >= 0.6 is 0 Å². The third-order valence-electron chi connectivity index (χ3n) is 5.04. The summed E-state index contributed by atoms with van der Waals surface area (Å²) in [5, 5.41) is 0. The number of nitrogens with zero attached hydrogens (tertiary/aromatic N) is 2. The fourth-order valence-electron chi connectivity index (χ4n) is 3.78. The van der Waals surface area contributed by atoms with Crippen molar-refractivity contribution >= 4 is 11.8 Å². The third kappa shape index (κ3) is 4.12. The van der Waals surface area contributed by atoms with Crippen molar-refractivity contribution in [2.75, 3.05) is 19.6 Å². The maximum Gasteiger partial charge on any atom is 0.242 e. The van der Waals surface area contributed by atoms with Crippen LogP contribution in [0.1, 0.15) is 44.1 Å². The minimum Gasteiger partial charge on any atom is -0.338 e. The molecule has 1 aromatic rings. The highest BCUT2D eigenvalue weighted by Gasteiger charge is 2.31. The normalized spacial score (nSPS) is 21.2. The minimum absolute atomic E-state index is 0.137. The predicted octanol–water partition coefficient (Wildman–Crippen LogP) is 2.62. The van der Waals surface area contributed by atoms with Gasteiger partial charge in [0.05, 0.1) is 6.54 Å². The van der Waals surface area contributed by atoms with E-state index in [9.17, 15) is 9.59 Å². The number of rotatable bonds is 6. The average molecular weight is 314 g/mol. The first-order valence-corrected chi connectivity index (χ1v) is 8.85. The van der Waals surface area contributed by atoms with Crippen molar-refractivity contribution in [1.29, 1.82) is 0 Å². The topological polar surface area (TPSA) is 40.6 Å². The predicted molar refractivity (Wildman–Crippen MR) is 89.9 cm³/mol. The maximum absolute atomic E-state index is 12.5. The van der Waals surface area contributed by atoms with Crippen LogP contribution in [0.4, 0.5) is 0 Å². The molecule has 4 nitrogen and oxygen atoms in total. The van der Waals surface area contributed by atoms with Crippen LogP contribution in [-0.4, -0.2) is 47.3 Å². The molecule has 0 spiro atoms. The molecule has 0 aromatic heterocycles. The summed E-state index contributed by atoms with van der Waals surface area (Å²) in [7, 11) is 0. The van der Waals surface area contributed by atoms with E-state index < -0.39 is 0 Å². The third-order valence-corrected chi connectivity index (χ3v) is 5.04. The maximum atomic E-state index is 12.5. The van der Waals surface area contributed by atoms with Crippen molar-refractivity contribution in [2.24, 2.45) is 0 Å². The van der Waals surface area contributed by atoms with E-state index in [2.05, 4.69) is 24.3 Å². The van der Waals surface area contributed by atoms with Crippen LogP contribution in [-0.2, 0) is 16.0 Å². The zero-order valence-electron chi connectivity index (χ0n) is 13.7. The van der Waals surface area contributed by atoms with E-state index in [0.29, 0.717) is 12.5 Å². The molecule has 2 amide bonds. The van der Waals surface area contributed by atoms with Gasteiger partial charge in [-0.25, -0.2) is 0 Å². The van der Waals surface area contributed by atoms with Gasteiger partial charge >= 0.3 is 0 Å². The molecule has 0 bridgehead atoms. The number of likely N-dealkylation sites (tertiary alicyclic amines) is 2. The van der Waals surface area contributed by atoms with Crippen molar-refractivity contribution in [3.05, 3.63) is 35.9 Å². The van der Waals surface area contributed by atoms with E-state index in [0.717, 1.165) is 51.6 Å². The summed E-state index contributed by atoms with van der Waals surface area (Å²) in [5.74, 6) is 0.278. The van der Waals surface area contributed by atoms with Gasteiger partial charge in [0, 0.05) is 25.6 Å². The molecule has 0 N–H and O–H groups in total. The lowest BCUT2D eigenvalue weighted by Gasteiger charge is -2.27. The van der Waals surface area contributed by atoms with E-state index in [1.807, 2.05) is 11.0 Å². The quantitative estimate of drug-likeness (QED) is 0.810. The van der Waals surface area contributed by atoms with Crippen LogP contribution in [0.5, 0.6) is 0 Å². The number of amides is 2. The van der Waals surface area contributed by atoms with Crippen LogP contribution in [0.25, 0.3) is 0 Å². The second-order valence-corrected chi connectivity index (χ2v) is 6.68. The van der Waals surface area contributed by atoms with Gasteiger partial charge in [0.1, 0.15) is 0 Å². The summed E-state index contributed by atoms with van der Waals surface area (Å²) >= 11 is 0. The van der Waals surface area contributed by atoms with Crippen molar-refractivity contribution in [3.63, 3.8) is 0 Å². The minimum atomic E-state index is 0.137. The molecule has 2 aliphatic rings. The molecular weight excluding hydrogens is 288 g/mol. The number of hydrogen-bond donors (Lipinski definition) is 0. The lowest BCUT2D eigenvalue weighted by molar-refractivity contribution is -0.139. The molecule has 2 saturated heterocycles. The smallest absolute Gasteiger partial charge is 0.242 e. The van der Waals surface area contributed by atoms with Crippen LogP contribution < -0.4 is 0 Å². The lowest BCUT2D eigenvalue weighted by Crippen LogP contribution is -2.43. The molecule has 2 fully saturated rings. The highest BCUT2D eigenvalue weighted by Crippen LogP contribution is 2.23. The number of carbonyl (C=O) groups is 2.